The van der Waals surface area contributed by atoms with Crippen LogP contribution in [-0.4, -0.2) is 55.6 Å². The molecule has 6 nitrogen and oxygen atoms in total. The predicted molar refractivity (Wildman–Crippen MR) is 67.9 cm³/mol. The van der Waals surface area contributed by atoms with Gasteiger partial charge in [0.2, 0.25) is 11.8 Å². The van der Waals surface area contributed by atoms with Crippen LogP contribution >= 0.6 is 0 Å². The molecule has 0 saturated carbocycles. The zero-order chi connectivity index (χ0) is 13.6. The fraction of sp³-hybridized carbons (Fsp3) is 0.833. The molecule has 0 atom stereocenters. The third kappa shape index (κ3) is 3.68. The Morgan fingerprint density at radius 3 is 2.50 bits per heavy atom. The van der Waals surface area contributed by atoms with Gasteiger partial charge in [-0.25, -0.2) is 0 Å². The number of ether oxygens (including phenoxy) is 1. The van der Waals surface area contributed by atoms with Gasteiger partial charge in [-0.3, -0.25) is 9.59 Å². The lowest BCUT2D eigenvalue weighted by Crippen LogP contribution is -2.59. The van der Waals surface area contributed by atoms with Gasteiger partial charge in [0, 0.05) is 26.8 Å². The molecule has 0 aliphatic carbocycles. The summed E-state index contributed by atoms with van der Waals surface area (Å²) in [5.41, 5.74) is 5.27. The molecule has 2 amide bonds. The van der Waals surface area contributed by atoms with Crippen LogP contribution < -0.4 is 11.1 Å². The molecule has 1 saturated heterocycles. The van der Waals surface area contributed by atoms with Crippen LogP contribution in [0.3, 0.4) is 0 Å². The van der Waals surface area contributed by atoms with Gasteiger partial charge in [0.15, 0.2) is 0 Å². The van der Waals surface area contributed by atoms with Crippen molar-refractivity contribution in [2.75, 3.05) is 33.4 Å². The van der Waals surface area contributed by atoms with Gasteiger partial charge < -0.3 is 20.7 Å². The van der Waals surface area contributed by atoms with Crippen LogP contribution in [0.5, 0.6) is 0 Å². The number of likely N-dealkylation sites (N-methyl/N-ethyl adjacent to an activating group) is 1. The van der Waals surface area contributed by atoms with E-state index in [-0.39, 0.29) is 18.4 Å². The van der Waals surface area contributed by atoms with Gasteiger partial charge in [-0.05, 0) is 19.3 Å². The van der Waals surface area contributed by atoms with E-state index in [2.05, 4.69) is 5.32 Å². The topological polar surface area (TPSA) is 84.7 Å². The lowest BCUT2D eigenvalue weighted by atomic mass is 9.89. The van der Waals surface area contributed by atoms with Gasteiger partial charge >= 0.3 is 0 Å². The predicted octanol–water partition coefficient (Wildman–Crippen LogP) is -0.521. The fourth-order valence-electron chi connectivity index (χ4n) is 2.04. The van der Waals surface area contributed by atoms with E-state index in [1.54, 1.807) is 11.9 Å². The van der Waals surface area contributed by atoms with Crippen LogP contribution in [0.2, 0.25) is 0 Å². The maximum absolute atomic E-state index is 12.4. The lowest BCUT2D eigenvalue weighted by Gasteiger charge is -2.36. The Balaban J connectivity index is 2.71. The molecular weight excluding hydrogens is 234 g/mol. The minimum Gasteiger partial charge on any atom is -0.381 e. The third-order valence-corrected chi connectivity index (χ3v) is 3.20. The van der Waals surface area contributed by atoms with Crippen LogP contribution in [0.4, 0.5) is 0 Å². The number of carbonyl (C=O) groups is 2. The van der Waals surface area contributed by atoms with Crippen LogP contribution in [0.25, 0.3) is 0 Å². The van der Waals surface area contributed by atoms with E-state index in [0.717, 1.165) is 6.42 Å². The van der Waals surface area contributed by atoms with Crippen molar-refractivity contribution in [2.24, 2.45) is 5.73 Å². The monoisotopic (exact) mass is 257 g/mol. The number of hydrogen-bond acceptors (Lipinski definition) is 4. The Morgan fingerprint density at radius 2 is 2.00 bits per heavy atom. The Kier molecular flexibility index (Phi) is 5.55. The van der Waals surface area contributed by atoms with Crippen molar-refractivity contribution in [1.29, 1.82) is 0 Å². The van der Waals surface area contributed by atoms with E-state index in [0.29, 0.717) is 32.6 Å². The second-order valence-corrected chi connectivity index (χ2v) is 4.67. The van der Waals surface area contributed by atoms with E-state index in [1.165, 1.54) is 0 Å². The first-order valence-electron chi connectivity index (χ1n) is 6.40. The molecule has 18 heavy (non-hydrogen) atoms. The molecule has 6 heteroatoms. The second kappa shape index (κ2) is 6.70. The van der Waals surface area contributed by atoms with Gasteiger partial charge in [0.1, 0.15) is 0 Å². The zero-order valence-electron chi connectivity index (χ0n) is 11.2. The van der Waals surface area contributed by atoms with Crippen molar-refractivity contribution < 1.29 is 14.3 Å². The van der Waals surface area contributed by atoms with Crippen molar-refractivity contribution in [2.45, 2.75) is 31.7 Å². The summed E-state index contributed by atoms with van der Waals surface area (Å²) >= 11 is 0. The van der Waals surface area contributed by atoms with Gasteiger partial charge in [0.25, 0.3) is 0 Å². The van der Waals surface area contributed by atoms with E-state index in [1.807, 2.05) is 6.92 Å². The van der Waals surface area contributed by atoms with E-state index in [4.69, 9.17) is 10.5 Å². The molecular formula is C12H23N3O3. The molecule has 1 rings (SSSR count). The molecule has 0 aromatic carbocycles. The fourth-order valence-corrected chi connectivity index (χ4v) is 2.04. The second-order valence-electron chi connectivity index (χ2n) is 4.67. The SMILES string of the molecule is CCCN(CC(=O)NC)C(=O)C1(N)CCOCC1. The van der Waals surface area contributed by atoms with Crippen LogP contribution in [0.1, 0.15) is 26.2 Å². The number of hydrogen-bond donors (Lipinski definition) is 2. The number of carbonyl (C=O) groups excluding carboxylic acids is 2. The maximum Gasteiger partial charge on any atom is 0.243 e. The Bertz CT molecular complexity index is 301. The third-order valence-electron chi connectivity index (χ3n) is 3.20. The Hall–Kier alpha value is -1.14. The number of amides is 2. The molecule has 0 spiro atoms. The molecule has 1 heterocycles. The minimum absolute atomic E-state index is 0.0724. The summed E-state index contributed by atoms with van der Waals surface area (Å²) < 4.78 is 5.23. The number of nitrogens with zero attached hydrogens (tertiary/aromatic N) is 1. The summed E-state index contributed by atoms with van der Waals surface area (Å²) in [6.07, 6.45) is 1.83. The van der Waals surface area contributed by atoms with Crippen molar-refractivity contribution in [3.8, 4) is 0 Å². The molecule has 1 aliphatic heterocycles. The quantitative estimate of drug-likeness (QED) is 0.694. The summed E-state index contributed by atoms with van der Waals surface area (Å²) in [6, 6.07) is 0. The van der Waals surface area contributed by atoms with E-state index >= 15 is 0 Å². The first-order chi connectivity index (χ1) is 8.53. The largest absolute Gasteiger partial charge is 0.381 e. The normalized spacial score (nSPS) is 18.2. The van der Waals surface area contributed by atoms with Gasteiger partial charge in [-0.1, -0.05) is 6.92 Å². The maximum atomic E-state index is 12.4. The standard InChI is InChI=1S/C12H23N3O3/c1-3-6-15(9-10(16)14-2)11(17)12(13)4-7-18-8-5-12/h3-9,13H2,1-2H3,(H,14,16). The Labute approximate surface area is 108 Å². The molecule has 3 N–H and O–H groups in total. The van der Waals surface area contributed by atoms with E-state index < -0.39 is 5.54 Å². The molecule has 0 bridgehead atoms. The van der Waals surface area contributed by atoms with Gasteiger partial charge in [0.05, 0.1) is 12.1 Å². The summed E-state index contributed by atoms with van der Waals surface area (Å²) in [7, 11) is 1.56. The van der Waals surface area contributed by atoms with Crippen molar-refractivity contribution in [3.63, 3.8) is 0 Å². The summed E-state index contributed by atoms with van der Waals surface area (Å²) in [5.74, 6) is -0.316. The lowest BCUT2D eigenvalue weighted by molar-refractivity contribution is -0.143. The molecule has 1 fully saturated rings. The first-order valence-corrected chi connectivity index (χ1v) is 6.40. The highest BCUT2D eigenvalue weighted by atomic mass is 16.5. The Morgan fingerprint density at radius 1 is 1.39 bits per heavy atom. The summed E-state index contributed by atoms with van der Waals surface area (Å²) in [6.45, 7) is 3.59. The molecule has 0 unspecified atom stereocenters. The van der Waals surface area contributed by atoms with Crippen LogP contribution in [-0.2, 0) is 14.3 Å². The van der Waals surface area contributed by atoms with Crippen molar-refractivity contribution in [3.05, 3.63) is 0 Å². The molecule has 104 valence electrons. The summed E-state index contributed by atoms with van der Waals surface area (Å²) in [5, 5.41) is 2.53. The van der Waals surface area contributed by atoms with Gasteiger partial charge in [-0.15, -0.1) is 0 Å². The number of rotatable bonds is 5. The van der Waals surface area contributed by atoms with Crippen LogP contribution in [0.15, 0.2) is 0 Å². The highest BCUT2D eigenvalue weighted by molar-refractivity contribution is 5.90. The summed E-state index contributed by atoms with van der Waals surface area (Å²) in [4.78, 5) is 25.4. The first kappa shape index (κ1) is 14.9. The van der Waals surface area contributed by atoms with Gasteiger partial charge in [-0.2, -0.15) is 0 Å². The zero-order valence-corrected chi connectivity index (χ0v) is 11.2. The van der Waals surface area contributed by atoms with E-state index in [9.17, 15) is 9.59 Å². The molecule has 1 aliphatic rings. The smallest absolute Gasteiger partial charge is 0.243 e. The van der Waals surface area contributed by atoms with Crippen LogP contribution in [0, 0.1) is 0 Å². The highest BCUT2D eigenvalue weighted by Gasteiger charge is 2.39. The molecule has 0 aromatic rings. The average Bonchev–Trinajstić information content (AvgIpc) is 2.38. The number of nitrogens with two attached hydrogens (primary N) is 1. The molecule has 0 aromatic heterocycles. The van der Waals surface area contributed by atoms with Crippen molar-refractivity contribution >= 4 is 11.8 Å². The average molecular weight is 257 g/mol. The minimum atomic E-state index is -0.874. The molecule has 0 radical (unpaired) electrons. The van der Waals surface area contributed by atoms with Crippen molar-refractivity contribution in [1.82, 2.24) is 10.2 Å². The highest BCUT2D eigenvalue weighted by Crippen LogP contribution is 2.20. The number of nitrogens with one attached hydrogen (secondary N) is 1.